The van der Waals surface area contributed by atoms with Crippen LogP contribution in [0.4, 0.5) is 0 Å². The Hall–Kier alpha value is -1.59. The molecular formula is C14H19ClN2O3. The number of hydrogen-bond acceptors (Lipinski definition) is 3. The summed E-state index contributed by atoms with van der Waals surface area (Å²) in [5.41, 5.74) is -0.152. The van der Waals surface area contributed by atoms with Gasteiger partial charge in [-0.15, -0.1) is 0 Å². The van der Waals surface area contributed by atoms with E-state index in [1.807, 2.05) is 12.1 Å². The zero-order chi connectivity index (χ0) is 15.3. The number of carbonyl (C=O) groups excluding carboxylic acids is 1. The van der Waals surface area contributed by atoms with Gasteiger partial charge in [0.2, 0.25) is 5.91 Å². The van der Waals surface area contributed by atoms with Gasteiger partial charge in [0.05, 0.1) is 6.54 Å². The molecule has 20 heavy (non-hydrogen) atoms. The van der Waals surface area contributed by atoms with Gasteiger partial charge in [-0.2, -0.15) is 0 Å². The molecule has 0 aliphatic rings. The largest absolute Gasteiger partial charge is 0.480 e. The summed E-state index contributed by atoms with van der Waals surface area (Å²) in [7, 11) is 1.61. The van der Waals surface area contributed by atoms with Crippen LogP contribution in [0.25, 0.3) is 0 Å². The number of nitrogens with zero attached hydrogens (tertiary/aromatic N) is 1. The maximum Gasteiger partial charge on any atom is 0.323 e. The van der Waals surface area contributed by atoms with Crippen molar-refractivity contribution in [1.29, 1.82) is 0 Å². The average molecular weight is 299 g/mol. The van der Waals surface area contributed by atoms with E-state index in [0.717, 1.165) is 5.56 Å². The first-order valence-electron chi connectivity index (χ1n) is 6.19. The molecule has 1 aromatic carbocycles. The van der Waals surface area contributed by atoms with Gasteiger partial charge in [-0.05, 0) is 38.6 Å². The van der Waals surface area contributed by atoms with Gasteiger partial charge in [-0.3, -0.25) is 14.5 Å². The number of likely N-dealkylation sites (N-methyl/N-ethyl adjacent to an activating group) is 1. The van der Waals surface area contributed by atoms with E-state index in [2.05, 4.69) is 5.32 Å². The number of benzene rings is 1. The van der Waals surface area contributed by atoms with Crippen LogP contribution in [0.15, 0.2) is 24.3 Å². The number of aliphatic carboxylic acids is 1. The topological polar surface area (TPSA) is 69.6 Å². The van der Waals surface area contributed by atoms with Gasteiger partial charge in [0, 0.05) is 11.6 Å². The molecule has 2 N–H and O–H groups in total. The zero-order valence-electron chi connectivity index (χ0n) is 11.8. The third kappa shape index (κ3) is 4.51. The molecule has 0 saturated carbocycles. The van der Waals surface area contributed by atoms with E-state index >= 15 is 0 Å². The predicted molar refractivity (Wildman–Crippen MR) is 77.6 cm³/mol. The number of carbonyl (C=O) groups is 2. The quantitative estimate of drug-likeness (QED) is 0.839. The third-order valence-corrected chi connectivity index (χ3v) is 3.51. The summed E-state index contributed by atoms with van der Waals surface area (Å²) in [5.74, 6) is -1.19. The molecule has 0 heterocycles. The van der Waals surface area contributed by atoms with Crippen LogP contribution in [0.1, 0.15) is 19.4 Å². The number of nitrogens with one attached hydrogen (secondary N) is 1. The minimum absolute atomic E-state index is 0.0207. The molecule has 0 spiro atoms. The lowest BCUT2D eigenvalue weighted by Crippen LogP contribution is -2.51. The van der Waals surface area contributed by atoms with Crippen molar-refractivity contribution in [2.45, 2.75) is 25.9 Å². The van der Waals surface area contributed by atoms with E-state index in [1.54, 1.807) is 33.0 Å². The van der Waals surface area contributed by atoms with Gasteiger partial charge in [0.15, 0.2) is 0 Å². The highest BCUT2D eigenvalue weighted by molar-refractivity contribution is 6.30. The molecule has 0 saturated heterocycles. The van der Waals surface area contributed by atoms with Crippen molar-refractivity contribution in [1.82, 2.24) is 10.2 Å². The molecule has 6 heteroatoms. The molecule has 0 aromatic heterocycles. The summed E-state index contributed by atoms with van der Waals surface area (Å²) in [5, 5.41) is 12.5. The summed E-state index contributed by atoms with van der Waals surface area (Å²) in [4.78, 5) is 24.4. The molecule has 1 rings (SSSR count). The van der Waals surface area contributed by atoms with Gasteiger partial charge in [0.1, 0.15) is 5.54 Å². The fraction of sp³-hybridized carbons (Fsp3) is 0.429. The first-order valence-corrected chi connectivity index (χ1v) is 6.57. The third-order valence-electron chi connectivity index (χ3n) is 3.26. The molecular weight excluding hydrogens is 280 g/mol. The van der Waals surface area contributed by atoms with Crippen LogP contribution >= 0.6 is 11.6 Å². The van der Waals surface area contributed by atoms with Crippen molar-refractivity contribution < 1.29 is 14.7 Å². The van der Waals surface area contributed by atoms with Gasteiger partial charge in [0.25, 0.3) is 0 Å². The predicted octanol–water partition coefficient (Wildman–Crippen LogP) is 1.75. The molecule has 0 aliphatic carbocycles. The highest BCUT2D eigenvalue weighted by Crippen LogP contribution is 2.12. The van der Waals surface area contributed by atoms with Gasteiger partial charge >= 0.3 is 5.97 Å². The Morgan fingerprint density at radius 2 is 1.85 bits per heavy atom. The second kappa shape index (κ2) is 6.72. The molecule has 1 aromatic rings. The van der Waals surface area contributed by atoms with Gasteiger partial charge in [-0.1, -0.05) is 23.7 Å². The normalized spacial score (nSPS) is 11.4. The first-order chi connectivity index (χ1) is 9.23. The van der Waals surface area contributed by atoms with Crippen molar-refractivity contribution in [2.24, 2.45) is 0 Å². The Morgan fingerprint density at radius 1 is 1.30 bits per heavy atom. The fourth-order valence-electron chi connectivity index (χ4n) is 1.44. The summed E-state index contributed by atoms with van der Waals surface area (Å²) >= 11 is 5.77. The molecule has 0 atom stereocenters. The van der Waals surface area contributed by atoms with E-state index in [1.165, 1.54) is 4.90 Å². The summed E-state index contributed by atoms with van der Waals surface area (Å²) in [6.07, 6.45) is 0. The molecule has 0 aliphatic heterocycles. The number of halogens is 1. The summed E-state index contributed by atoms with van der Waals surface area (Å²) in [6, 6.07) is 7.16. The Morgan fingerprint density at radius 3 is 2.35 bits per heavy atom. The van der Waals surface area contributed by atoms with Crippen LogP contribution in [-0.4, -0.2) is 41.0 Å². The maximum atomic E-state index is 11.8. The number of rotatable bonds is 6. The minimum Gasteiger partial charge on any atom is -0.480 e. The van der Waals surface area contributed by atoms with Crippen molar-refractivity contribution in [3.8, 4) is 0 Å². The van der Waals surface area contributed by atoms with E-state index < -0.39 is 11.5 Å². The number of amides is 1. The monoisotopic (exact) mass is 298 g/mol. The molecule has 110 valence electrons. The zero-order valence-corrected chi connectivity index (χ0v) is 12.6. The van der Waals surface area contributed by atoms with E-state index in [0.29, 0.717) is 11.6 Å². The lowest BCUT2D eigenvalue weighted by Gasteiger charge is -2.30. The Kier molecular flexibility index (Phi) is 5.53. The van der Waals surface area contributed by atoms with Crippen LogP contribution in [-0.2, 0) is 16.1 Å². The summed E-state index contributed by atoms with van der Waals surface area (Å²) < 4.78 is 0. The van der Waals surface area contributed by atoms with E-state index in [-0.39, 0.29) is 12.5 Å². The van der Waals surface area contributed by atoms with Crippen LogP contribution in [0, 0.1) is 0 Å². The Balaban J connectivity index is 2.48. The van der Waals surface area contributed by atoms with Crippen molar-refractivity contribution in [3.63, 3.8) is 0 Å². The lowest BCUT2D eigenvalue weighted by atomic mass is 10.0. The number of carboxylic acid groups (broad SMARTS) is 1. The van der Waals surface area contributed by atoms with Crippen molar-refractivity contribution in [3.05, 3.63) is 34.9 Å². The Bertz CT molecular complexity index is 486. The van der Waals surface area contributed by atoms with Crippen molar-refractivity contribution >= 4 is 23.5 Å². The van der Waals surface area contributed by atoms with E-state index in [4.69, 9.17) is 16.7 Å². The lowest BCUT2D eigenvalue weighted by molar-refractivity contribution is -0.149. The SMILES string of the molecule is CN(CC(=O)NCc1ccc(Cl)cc1)C(C)(C)C(=O)O. The molecule has 0 unspecified atom stereocenters. The van der Waals surface area contributed by atoms with Gasteiger partial charge in [-0.25, -0.2) is 0 Å². The van der Waals surface area contributed by atoms with Crippen LogP contribution in [0.2, 0.25) is 5.02 Å². The van der Waals surface area contributed by atoms with Gasteiger partial charge < -0.3 is 10.4 Å². The Labute approximate surface area is 123 Å². The molecule has 0 radical (unpaired) electrons. The molecule has 1 amide bonds. The fourth-order valence-corrected chi connectivity index (χ4v) is 1.56. The van der Waals surface area contributed by atoms with E-state index in [9.17, 15) is 9.59 Å². The smallest absolute Gasteiger partial charge is 0.323 e. The summed E-state index contributed by atoms with van der Waals surface area (Å²) in [6.45, 7) is 3.52. The highest BCUT2D eigenvalue weighted by Gasteiger charge is 2.32. The standard InChI is InChI=1S/C14H19ClN2O3/c1-14(2,13(19)20)17(3)9-12(18)16-8-10-4-6-11(15)7-5-10/h4-7H,8-9H2,1-3H3,(H,16,18)(H,19,20). The highest BCUT2D eigenvalue weighted by atomic mass is 35.5. The average Bonchev–Trinajstić information content (AvgIpc) is 2.37. The first kappa shape index (κ1) is 16.5. The van der Waals surface area contributed by atoms with Crippen LogP contribution in [0.3, 0.4) is 0 Å². The van der Waals surface area contributed by atoms with Crippen LogP contribution in [0.5, 0.6) is 0 Å². The van der Waals surface area contributed by atoms with Crippen LogP contribution < -0.4 is 5.32 Å². The van der Waals surface area contributed by atoms with Crippen molar-refractivity contribution in [2.75, 3.05) is 13.6 Å². The maximum absolute atomic E-state index is 11.8. The number of carboxylic acids is 1. The minimum atomic E-state index is -1.09. The second-order valence-corrected chi connectivity index (χ2v) is 5.56. The molecule has 0 bridgehead atoms. The second-order valence-electron chi connectivity index (χ2n) is 5.12. The number of hydrogen-bond donors (Lipinski definition) is 2. The molecule has 0 fully saturated rings. The molecule has 5 nitrogen and oxygen atoms in total.